The number of nitrogens with zero attached hydrogens (tertiary/aromatic N) is 2. The molecule has 1 aliphatic heterocycles. The molecule has 7 nitrogen and oxygen atoms in total. The number of hydrogen-bond donors (Lipinski definition) is 3. The van der Waals surface area contributed by atoms with Crippen molar-refractivity contribution in [1.82, 2.24) is 4.98 Å². The lowest BCUT2D eigenvalue weighted by atomic mass is 9.98. The fraction of sp³-hybridized carbons (Fsp3) is 0.143. The molecule has 0 bridgehead atoms. The first-order valence-corrected chi connectivity index (χ1v) is 6.10. The van der Waals surface area contributed by atoms with Gasteiger partial charge in [-0.05, 0) is 0 Å². The van der Waals surface area contributed by atoms with Crippen LogP contribution in [0.4, 0.5) is 11.5 Å². The highest BCUT2D eigenvalue weighted by Crippen LogP contribution is 2.45. The minimum absolute atomic E-state index is 0.0173. The summed E-state index contributed by atoms with van der Waals surface area (Å²) in [7, 11) is 1.50. The van der Waals surface area contributed by atoms with Gasteiger partial charge in [-0.25, -0.2) is 0 Å². The smallest absolute Gasteiger partial charge is 0.226 e. The van der Waals surface area contributed by atoms with E-state index in [9.17, 15) is 5.11 Å². The summed E-state index contributed by atoms with van der Waals surface area (Å²) in [4.78, 5) is 4.06. The van der Waals surface area contributed by atoms with Crippen LogP contribution >= 0.6 is 0 Å². The van der Waals surface area contributed by atoms with Crippen molar-refractivity contribution in [3.05, 3.63) is 28.8 Å². The van der Waals surface area contributed by atoms with E-state index in [2.05, 4.69) is 4.98 Å². The van der Waals surface area contributed by atoms with Gasteiger partial charge in [-0.3, -0.25) is 0 Å². The van der Waals surface area contributed by atoms with Gasteiger partial charge in [-0.15, -0.1) is 0 Å². The quantitative estimate of drug-likeness (QED) is 0.618. The molecule has 0 saturated heterocycles. The van der Waals surface area contributed by atoms with Crippen LogP contribution in [0.5, 0.6) is 23.1 Å². The van der Waals surface area contributed by atoms with E-state index in [0.29, 0.717) is 23.5 Å². The van der Waals surface area contributed by atoms with Crippen LogP contribution in [0.25, 0.3) is 0 Å². The second kappa shape index (κ2) is 4.45. The van der Waals surface area contributed by atoms with Crippen LogP contribution in [-0.4, -0.2) is 17.2 Å². The number of aromatic hydroxyl groups is 1. The van der Waals surface area contributed by atoms with Crippen molar-refractivity contribution < 1.29 is 14.6 Å². The maximum atomic E-state index is 9.67. The van der Waals surface area contributed by atoms with E-state index in [4.69, 9.17) is 26.2 Å². The Morgan fingerprint density at radius 2 is 2.14 bits per heavy atom. The van der Waals surface area contributed by atoms with Gasteiger partial charge in [0.25, 0.3) is 0 Å². The van der Waals surface area contributed by atoms with Gasteiger partial charge in [0.15, 0.2) is 0 Å². The number of rotatable bonds is 1. The van der Waals surface area contributed by atoms with Crippen molar-refractivity contribution in [2.45, 2.75) is 6.42 Å². The van der Waals surface area contributed by atoms with Crippen molar-refractivity contribution in [1.29, 1.82) is 5.26 Å². The molecule has 1 aromatic heterocycles. The van der Waals surface area contributed by atoms with Gasteiger partial charge in [0.05, 0.1) is 12.8 Å². The van der Waals surface area contributed by atoms with Crippen LogP contribution in [-0.2, 0) is 6.42 Å². The zero-order valence-electron chi connectivity index (χ0n) is 11.2. The molecule has 0 amide bonds. The summed E-state index contributed by atoms with van der Waals surface area (Å²) in [6, 6.07) is 4.89. The fourth-order valence-electron chi connectivity index (χ4n) is 2.34. The highest BCUT2D eigenvalue weighted by molar-refractivity contribution is 5.73. The maximum absolute atomic E-state index is 9.67. The summed E-state index contributed by atoms with van der Waals surface area (Å²) >= 11 is 0. The van der Waals surface area contributed by atoms with Crippen molar-refractivity contribution in [2.24, 2.45) is 0 Å². The monoisotopic (exact) mass is 284 g/mol. The van der Waals surface area contributed by atoms with Gasteiger partial charge in [-0.2, -0.15) is 10.2 Å². The lowest BCUT2D eigenvalue weighted by Crippen LogP contribution is -2.12. The van der Waals surface area contributed by atoms with Crippen LogP contribution in [0, 0.1) is 11.3 Å². The summed E-state index contributed by atoms with van der Waals surface area (Å²) < 4.78 is 10.9. The molecule has 2 heterocycles. The molecule has 7 heteroatoms. The molecule has 106 valence electrons. The Balaban J connectivity index is 2.20. The Labute approximate surface area is 120 Å². The number of nitriles is 1. The molecule has 1 aliphatic rings. The lowest BCUT2D eigenvalue weighted by molar-refractivity contribution is 0.385. The van der Waals surface area contributed by atoms with Gasteiger partial charge in [-0.1, -0.05) is 0 Å². The average molecular weight is 284 g/mol. The molecule has 0 spiro atoms. The van der Waals surface area contributed by atoms with E-state index in [1.54, 1.807) is 0 Å². The van der Waals surface area contributed by atoms with Crippen LogP contribution in [0.1, 0.15) is 16.7 Å². The van der Waals surface area contributed by atoms with Crippen molar-refractivity contribution in [3.8, 4) is 29.2 Å². The third-order valence-electron chi connectivity index (χ3n) is 3.38. The van der Waals surface area contributed by atoms with Crippen molar-refractivity contribution in [2.75, 3.05) is 18.6 Å². The van der Waals surface area contributed by atoms with Crippen LogP contribution in [0.15, 0.2) is 12.1 Å². The first-order chi connectivity index (χ1) is 10.0. The number of aromatic nitrogens is 1. The zero-order chi connectivity index (χ0) is 15.1. The standard InChI is InChI=1S/C14H12N4O3/c1-20-10-2-6(19)3-11-7(10)4-8-12(16)9(5-15)13(17)18-14(8)21-11/h2-3,19H,4H2,1H3,(H4,16,17,18). The summed E-state index contributed by atoms with van der Waals surface area (Å²) in [5.74, 6) is 1.18. The summed E-state index contributed by atoms with van der Waals surface area (Å²) in [5, 5.41) is 18.8. The second-order valence-corrected chi connectivity index (χ2v) is 4.58. The van der Waals surface area contributed by atoms with Gasteiger partial charge in [0, 0.05) is 29.7 Å². The molecule has 0 aliphatic carbocycles. The van der Waals surface area contributed by atoms with E-state index in [1.165, 1.54) is 19.2 Å². The van der Waals surface area contributed by atoms with Crippen molar-refractivity contribution in [3.63, 3.8) is 0 Å². The van der Waals surface area contributed by atoms with Gasteiger partial charge >= 0.3 is 0 Å². The third-order valence-corrected chi connectivity index (χ3v) is 3.38. The highest BCUT2D eigenvalue weighted by Gasteiger charge is 2.27. The number of ether oxygens (including phenoxy) is 2. The van der Waals surface area contributed by atoms with E-state index in [-0.39, 0.29) is 28.7 Å². The molecule has 0 fully saturated rings. The van der Waals surface area contributed by atoms with E-state index in [1.807, 2.05) is 6.07 Å². The Kier molecular flexibility index (Phi) is 2.73. The predicted octanol–water partition coefficient (Wildman–Crippen LogP) is 1.53. The number of nitrogen functional groups attached to an aromatic ring is 2. The van der Waals surface area contributed by atoms with E-state index < -0.39 is 0 Å². The Hall–Kier alpha value is -3.14. The minimum atomic E-state index is 0.0173. The maximum Gasteiger partial charge on any atom is 0.226 e. The lowest BCUT2D eigenvalue weighted by Gasteiger charge is -2.23. The number of phenols is 1. The number of anilines is 2. The normalized spacial score (nSPS) is 11.8. The van der Waals surface area contributed by atoms with Crippen LogP contribution in [0.3, 0.4) is 0 Å². The number of fused-ring (bicyclic) bond motifs is 2. The second-order valence-electron chi connectivity index (χ2n) is 4.58. The Morgan fingerprint density at radius 3 is 2.81 bits per heavy atom. The predicted molar refractivity (Wildman–Crippen MR) is 75.3 cm³/mol. The summed E-state index contributed by atoms with van der Waals surface area (Å²) in [6.45, 7) is 0. The SMILES string of the molecule is COc1cc(O)cc2c1Cc1c(nc(N)c(C#N)c1N)O2. The number of hydrogen-bond acceptors (Lipinski definition) is 7. The molecule has 0 radical (unpaired) electrons. The summed E-state index contributed by atoms with van der Waals surface area (Å²) in [5.41, 5.74) is 13.4. The zero-order valence-corrected chi connectivity index (χ0v) is 11.2. The van der Waals surface area contributed by atoms with Crippen LogP contribution in [0.2, 0.25) is 0 Å². The molecule has 1 aromatic carbocycles. The number of benzene rings is 1. The topological polar surface area (TPSA) is 127 Å². The third kappa shape index (κ3) is 1.85. The van der Waals surface area contributed by atoms with Crippen LogP contribution < -0.4 is 20.9 Å². The Bertz CT molecular complexity index is 796. The molecule has 2 aromatic rings. The Morgan fingerprint density at radius 1 is 1.38 bits per heavy atom. The number of phenolic OH excluding ortho intramolecular Hbond substituents is 1. The number of methoxy groups -OCH3 is 1. The molecular formula is C14H12N4O3. The number of pyridine rings is 1. The highest BCUT2D eigenvalue weighted by atomic mass is 16.5. The molecule has 21 heavy (non-hydrogen) atoms. The largest absolute Gasteiger partial charge is 0.508 e. The molecule has 3 rings (SSSR count). The molecule has 5 N–H and O–H groups in total. The van der Waals surface area contributed by atoms with Gasteiger partial charge in [0.1, 0.15) is 34.7 Å². The minimum Gasteiger partial charge on any atom is -0.508 e. The van der Waals surface area contributed by atoms with E-state index >= 15 is 0 Å². The van der Waals surface area contributed by atoms with Gasteiger partial charge < -0.3 is 26.0 Å². The molecular weight excluding hydrogens is 272 g/mol. The van der Waals surface area contributed by atoms with E-state index in [0.717, 1.165) is 5.56 Å². The molecule has 0 atom stereocenters. The number of nitrogens with two attached hydrogens (primary N) is 2. The molecule has 0 saturated carbocycles. The van der Waals surface area contributed by atoms with Gasteiger partial charge in [0.2, 0.25) is 5.88 Å². The first-order valence-electron chi connectivity index (χ1n) is 6.10. The first kappa shape index (κ1) is 12.9. The fourth-order valence-corrected chi connectivity index (χ4v) is 2.34. The summed E-state index contributed by atoms with van der Waals surface area (Å²) in [6.07, 6.45) is 0.377. The molecule has 0 unspecified atom stereocenters. The average Bonchev–Trinajstić information content (AvgIpc) is 2.45. The van der Waals surface area contributed by atoms with Crippen molar-refractivity contribution >= 4 is 11.5 Å².